The quantitative estimate of drug-likeness (QED) is 0.769. The molecule has 5 nitrogen and oxygen atoms in total. The maximum absolute atomic E-state index is 5.69. The van der Waals surface area contributed by atoms with Crippen LogP contribution in [0.1, 0.15) is 19.0 Å². The smallest absolute Gasteiger partial charge is 0.185 e. The molecular weight excluding hydrogens is 262 g/mol. The molecule has 0 bridgehead atoms. The molecule has 1 fully saturated rings. The third kappa shape index (κ3) is 4.42. The molecule has 0 saturated carbocycles. The molecule has 0 aromatic carbocycles. The first kappa shape index (κ1) is 14.7. The molecule has 1 aromatic rings. The lowest BCUT2D eigenvalue weighted by molar-refractivity contribution is 0.0384. The Morgan fingerprint density at radius 2 is 2.53 bits per heavy atom. The topological polar surface area (TPSA) is 46.6 Å². The summed E-state index contributed by atoms with van der Waals surface area (Å²) < 4.78 is 10.7. The van der Waals surface area contributed by atoms with Crippen molar-refractivity contribution in [1.82, 2.24) is 10.3 Å². The Hall–Kier alpha value is -0.690. The van der Waals surface area contributed by atoms with E-state index in [9.17, 15) is 0 Å². The molecule has 108 valence electrons. The molecule has 1 aliphatic heterocycles. The van der Waals surface area contributed by atoms with Gasteiger partial charge in [0, 0.05) is 38.7 Å². The molecule has 1 aromatic heterocycles. The Bertz CT molecular complexity index is 373. The van der Waals surface area contributed by atoms with Gasteiger partial charge in [0.15, 0.2) is 5.13 Å². The minimum absolute atomic E-state index is 0.348. The number of morpholine rings is 1. The van der Waals surface area contributed by atoms with Gasteiger partial charge < -0.3 is 19.7 Å². The van der Waals surface area contributed by atoms with Crippen molar-refractivity contribution < 1.29 is 9.47 Å². The van der Waals surface area contributed by atoms with Crippen LogP contribution in [0.2, 0.25) is 0 Å². The summed E-state index contributed by atoms with van der Waals surface area (Å²) in [5, 5.41) is 6.56. The first-order valence-electron chi connectivity index (χ1n) is 6.84. The Morgan fingerprint density at radius 3 is 3.32 bits per heavy atom. The van der Waals surface area contributed by atoms with E-state index in [2.05, 4.69) is 27.5 Å². The van der Waals surface area contributed by atoms with Crippen LogP contribution in [0.5, 0.6) is 0 Å². The van der Waals surface area contributed by atoms with Crippen molar-refractivity contribution in [2.45, 2.75) is 26.0 Å². The van der Waals surface area contributed by atoms with E-state index in [-0.39, 0.29) is 0 Å². The van der Waals surface area contributed by atoms with Gasteiger partial charge in [0.2, 0.25) is 0 Å². The Balaban J connectivity index is 1.82. The summed E-state index contributed by atoms with van der Waals surface area (Å²) in [7, 11) is 1.71. The third-order valence-corrected chi connectivity index (χ3v) is 4.14. The second kappa shape index (κ2) is 7.79. The highest BCUT2D eigenvalue weighted by molar-refractivity contribution is 7.13. The summed E-state index contributed by atoms with van der Waals surface area (Å²) in [6.07, 6.45) is 1.41. The molecule has 0 radical (unpaired) electrons. The zero-order chi connectivity index (χ0) is 13.5. The fourth-order valence-corrected chi connectivity index (χ4v) is 2.92. The number of thiazole rings is 1. The van der Waals surface area contributed by atoms with Gasteiger partial charge in [-0.15, -0.1) is 11.3 Å². The first-order chi connectivity index (χ1) is 9.33. The van der Waals surface area contributed by atoms with E-state index in [4.69, 9.17) is 9.47 Å². The average molecular weight is 285 g/mol. The summed E-state index contributed by atoms with van der Waals surface area (Å²) in [5.74, 6) is 0. The van der Waals surface area contributed by atoms with Crippen LogP contribution in [-0.2, 0) is 16.0 Å². The van der Waals surface area contributed by atoms with Crippen molar-refractivity contribution in [1.29, 1.82) is 0 Å². The predicted molar refractivity (Wildman–Crippen MR) is 77.9 cm³/mol. The van der Waals surface area contributed by atoms with Gasteiger partial charge in [-0.3, -0.25) is 0 Å². The summed E-state index contributed by atoms with van der Waals surface area (Å²) in [5.41, 5.74) is 1.11. The van der Waals surface area contributed by atoms with Crippen molar-refractivity contribution in [2.75, 3.05) is 44.9 Å². The van der Waals surface area contributed by atoms with E-state index in [1.807, 2.05) is 0 Å². The minimum Gasteiger partial charge on any atom is -0.383 e. The molecule has 2 heterocycles. The maximum atomic E-state index is 5.69. The standard InChI is InChI=1S/C13H23N3O2S/c1-3-12-9-16(5-7-18-12)13-15-11(10-19-13)8-14-4-6-17-2/h10,12,14H,3-9H2,1-2H3. The number of aromatic nitrogens is 1. The number of methoxy groups -OCH3 is 1. The van der Waals surface area contributed by atoms with Gasteiger partial charge in [0.1, 0.15) is 0 Å². The van der Waals surface area contributed by atoms with Gasteiger partial charge in [-0.2, -0.15) is 0 Å². The summed E-state index contributed by atoms with van der Waals surface area (Å²) in [6, 6.07) is 0. The van der Waals surface area contributed by atoms with Crippen LogP contribution in [0.15, 0.2) is 5.38 Å². The number of ether oxygens (including phenoxy) is 2. The van der Waals surface area contributed by atoms with Crippen molar-refractivity contribution in [3.05, 3.63) is 11.1 Å². The highest BCUT2D eigenvalue weighted by atomic mass is 32.1. The average Bonchev–Trinajstić information content (AvgIpc) is 2.92. The lowest BCUT2D eigenvalue weighted by Crippen LogP contribution is -2.42. The number of nitrogens with one attached hydrogen (secondary N) is 1. The van der Waals surface area contributed by atoms with Crippen LogP contribution in [0.25, 0.3) is 0 Å². The minimum atomic E-state index is 0.348. The second-order valence-corrected chi connectivity index (χ2v) is 5.47. The predicted octanol–water partition coefficient (Wildman–Crippen LogP) is 1.49. The maximum Gasteiger partial charge on any atom is 0.185 e. The van der Waals surface area contributed by atoms with Crippen LogP contribution in [0.3, 0.4) is 0 Å². The van der Waals surface area contributed by atoms with E-state index in [1.165, 1.54) is 0 Å². The molecule has 1 unspecified atom stereocenters. The summed E-state index contributed by atoms with van der Waals surface area (Å²) >= 11 is 1.72. The van der Waals surface area contributed by atoms with Crippen molar-refractivity contribution >= 4 is 16.5 Å². The van der Waals surface area contributed by atoms with E-state index in [1.54, 1.807) is 18.4 Å². The molecule has 0 amide bonds. The monoisotopic (exact) mass is 285 g/mol. The van der Waals surface area contributed by atoms with Crippen LogP contribution < -0.4 is 10.2 Å². The lowest BCUT2D eigenvalue weighted by atomic mass is 10.2. The normalized spacial score (nSPS) is 19.9. The zero-order valence-electron chi connectivity index (χ0n) is 11.7. The van der Waals surface area contributed by atoms with Crippen molar-refractivity contribution in [2.24, 2.45) is 0 Å². The summed E-state index contributed by atoms with van der Waals surface area (Å²) in [6.45, 7) is 7.28. The fraction of sp³-hybridized carbons (Fsp3) is 0.769. The number of rotatable bonds is 7. The highest BCUT2D eigenvalue weighted by Crippen LogP contribution is 2.23. The van der Waals surface area contributed by atoms with Crippen LogP contribution in [0, 0.1) is 0 Å². The number of nitrogens with zero attached hydrogens (tertiary/aromatic N) is 2. The zero-order valence-corrected chi connectivity index (χ0v) is 12.5. The molecular formula is C13H23N3O2S. The van der Waals surface area contributed by atoms with Gasteiger partial charge in [-0.1, -0.05) is 6.92 Å². The van der Waals surface area contributed by atoms with E-state index in [0.717, 1.165) is 56.6 Å². The molecule has 1 atom stereocenters. The van der Waals surface area contributed by atoms with Crippen molar-refractivity contribution in [3.63, 3.8) is 0 Å². The Labute approximate surface area is 118 Å². The molecule has 1 N–H and O–H groups in total. The lowest BCUT2D eigenvalue weighted by Gasteiger charge is -2.32. The highest BCUT2D eigenvalue weighted by Gasteiger charge is 2.21. The molecule has 0 aliphatic carbocycles. The van der Waals surface area contributed by atoms with E-state index < -0.39 is 0 Å². The Kier molecular flexibility index (Phi) is 6.03. The molecule has 2 rings (SSSR count). The number of hydrogen-bond donors (Lipinski definition) is 1. The van der Waals surface area contributed by atoms with Gasteiger partial charge in [0.25, 0.3) is 0 Å². The number of anilines is 1. The largest absolute Gasteiger partial charge is 0.383 e. The number of hydrogen-bond acceptors (Lipinski definition) is 6. The second-order valence-electron chi connectivity index (χ2n) is 4.64. The fourth-order valence-electron chi connectivity index (χ4n) is 2.05. The van der Waals surface area contributed by atoms with E-state index in [0.29, 0.717) is 6.10 Å². The molecule has 0 spiro atoms. The Morgan fingerprint density at radius 1 is 1.63 bits per heavy atom. The summed E-state index contributed by atoms with van der Waals surface area (Å²) in [4.78, 5) is 7.02. The molecule has 1 saturated heterocycles. The van der Waals surface area contributed by atoms with Crippen LogP contribution >= 0.6 is 11.3 Å². The first-order valence-corrected chi connectivity index (χ1v) is 7.72. The molecule has 19 heavy (non-hydrogen) atoms. The van der Waals surface area contributed by atoms with Gasteiger partial charge in [-0.25, -0.2) is 4.98 Å². The van der Waals surface area contributed by atoms with Crippen molar-refractivity contribution in [3.8, 4) is 0 Å². The molecule has 1 aliphatic rings. The third-order valence-electron chi connectivity index (χ3n) is 3.19. The SMILES string of the molecule is CCC1CN(c2nc(CNCCOC)cs2)CCO1. The van der Waals surface area contributed by atoms with Gasteiger partial charge >= 0.3 is 0 Å². The van der Waals surface area contributed by atoms with E-state index >= 15 is 0 Å². The van der Waals surface area contributed by atoms with Crippen LogP contribution in [-0.4, -0.2) is 51.0 Å². The van der Waals surface area contributed by atoms with Gasteiger partial charge in [0.05, 0.1) is 25.0 Å². The molecule has 6 heteroatoms. The van der Waals surface area contributed by atoms with Crippen LogP contribution in [0.4, 0.5) is 5.13 Å². The van der Waals surface area contributed by atoms with Gasteiger partial charge in [-0.05, 0) is 6.42 Å².